The molecule has 0 aromatic carbocycles. The van der Waals surface area contributed by atoms with Gasteiger partial charge in [0, 0.05) is 4.88 Å². The van der Waals surface area contributed by atoms with Crippen LogP contribution in [0.25, 0.3) is 0 Å². The number of nitrogens with one attached hydrogen (secondary N) is 1. The smallest absolute Gasteiger partial charge is 0.331 e. The van der Waals surface area contributed by atoms with Crippen molar-refractivity contribution in [1.29, 1.82) is 0 Å². The minimum atomic E-state index is -0.968. The average Bonchev–Trinajstić information content (AvgIpc) is 2.81. The van der Waals surface area contributed by atoms with Gasteiger partial charge in [0.25, 0.3) is 0 Å². The zero-order chi connectivity index (χ0) is 12.3. The molecule has 5 nitrogen and oxygen atoms in total. The highest BCUT2D eigenvalue weighted by Crippen LogP contribution is 2.23. The number of nitrogens with zero attached hydrogens (tertiary/aromatic N) is 2. The number of aliphatic carboxylic acids is 1. The molecule has 0 aliphatic heterocycles. The molecule has 1 unspecified atom stereocenters. The van der Waals surface area contributed by atoms with Gasteiger partial charge in [-0.05, 0) is 23.6 Å². The molecule has 1 atom stereocenters. The SMILES string of the molecule is O=C(O)C(Nc1ccc(Cl)nn1)c1cccs1. The first-order valence-electron chi connectivity index (χ1n) is 4.69. The lowest BCUT2D eigenvalue weighted by Crippen LogP contribution is -2.20. The first kappa shape index (κ1) is 11.8. The molecular weight excluding hydrogens is 262 g/mol. The number of halogens is 1. The Morgan fingerprint density at radius 1 is 1.41 bits per heavy atom. The molecule has 0 saturated carbocycles. The monoisotopic (exact) mass is 269 g/mol. The second-order valence-corrected chi connectivity index (χ2v) is 4.54. The summed E-state index contributed by atoms with van der Waals surface area (Å²) in [6, 6.07) is 5.85. The van der Waals surface area contributed by atoms with Crippen LogP contribution in [-0.4, -0.2) is 21.3 Å². The summed E-state index contributed by atoms with van der Waals surface area (Å²) in [5.41, 5.74) is 0. The minimum absolute atomic E-state index is 0.263. The van der Waals surface area contributed by atoms with E-state index in [1.807, 2.05) is 5.38 Å². The second kappa shape index (κ2) is 5.11. The molecule has 2 aromatic rings. The Morgan fingerprint density at radius 3 is 2.76 bits per heavy atom. The number of anilines is 1. The van der Waals surface area contributed by atoms with Gasteiger partial charge in [-0.3, -0.25) is 0 Å². The summed E-state index contributed by atoms with van der Waals surface area (Å²) in [7, 11) is 0. The maximum absolute atomic E-state index is 11.1. The number of carbonyl (C=O) groups is 1. The number of carboxylic acids is 1. The van der Waals surface area contributed by atoms with E-state index in [1.54, 1.807) is 24.3 Å². The Morgan fingerprint density at radius 2 is 2.24 bits per heavy atom. The third-order valence-corrected chi connectivity index (χ3v) is 3.14. The number of hydrogen-bond donors (Lipinski definition) is 2. The molecule has 2 aromatic heterocycles. The number of thiophene rings is 1. The van der Waals surface area contributed by atoms with Crippen LogP contribution in [0.1, 0.15) is 10.9 Å². The normalized spacial score (nSPS) is 12.1. The van der Waals surface area contributed by atoms with Gasteiger partial charge in [-0.1, -0.05) is 17.7 Å². The molecule has 17 heavy (non-hydrogen) atoms. The molecule has 0 aliphatic carbocycles. The van der Waals surface area contributed by atoms with E-state index in [1.165, 1.54) is 11.3 Å². The number of carboxylic acid groups (broad SMARTS) is 1. The Hall–Kier alpha value is -1.66. The Kier molecular flexibility index (Phi) is 3.55. The summed E-state index contributed by atoms with van der Waals surface area (Å²) in [5, 5.41) is 21.4. The standard InChI is InChI=1S/C10H8ClN3O2S/c11-7-3-4-8(14-13-7)12-9(10(15)16)6-2-1-5-17-6/h1-5,9H,(H,12,14)(H,15,16). The number of hydrogen-bond acceptors (Lipinski definition) is 5. The van der Waals surface area contributed by atoms with Crippen molar-refractivity contribution >= 4 is 34.7 Å². The van der Waals surface area contributed by atoms with Crippen molar-refractivity contribution in [3.63, 3.8) is 0 Å². The summed E-state index contributed by atoms with van der Waals surface area (Å²) in [5.74, 6) is -0.598. The predicted molar refractivity (Wildman–Crippen MR) is 65.4 cm³/mol. The van der Waals surface area contributed by atoms with Crippen LogP contribution in [0.15, 0.2) is 29.6 Å². The van der Waals surface area contributed by atoms with E-state index in [0.29, 0.717) is 10.7 Å². The molecule has 0 amide bonds. The largest absolute Gasteiger partial charge is 0.479 e. The van der Waals surface area contributed by atoms with Gasteiger partial charge in [-0.15, -0.1) is 21.5 Å². The van der Waals surface area contributed by atoms with Crippen molar-refractivity contribution in [2.24, 2.45) is 0 Å². The van der Waals surface area contributed by atoms with Gasteiger partial charge >= 0.3 is 5.97 Å². The molecule has 0 radical (unpaired) electrons. The predicted octanol–water partition coefficient (Wildman–Crippen LogP) is 2.43. The molecule has 2 rings (SSSR count). The van der Waals surface area contributed by atoms with E-state index in [0.717, 1.165) is 0 Å². The summed E-state index contributed by atoms with van der Waals surface area (Å²) in [4.78, 5) is 11.8. The molecule has 0 bridgehead atoms. The maximum Gasteiger partial charge on any atom is 0.331 e. The van der Waals surface area contributed by atoms with Crippen LogP contribution in [0, 0.1) is 0 Å². The lowest BCUT2D eigenvalue weighted by atomic mass is 10.2. The fourth-order valence-electron chi connectivity index (χ4n) is 1.25. The van der Waals surface area contributed by atoms with E-state index >= 15 is 0 Å². The average molecular weight is 270 g/mol. The molecule has 0 saturated heterocycles. The van der Waals surface area contributed by atoms with Crippen LogP contribution in [0.5, 0.6) is 0 Å². The van der Waals surface area contributed by atoms with Gasteiger partial charge in [0.15, 0.2) is 11.2 Å². The van der Waals surface area contributed by atoms with Crippen LogP contribution in [-0.2, 0) is 4.79 Å². The third-order valence-electron chi connectivity index (χ3n) is 2.00. The Bertz CT molecular complexity index is 501. The third kappa shape index (κ3) is 2.92. The Labute approximate surface area is 106 Å². The van der Waals surface area contributed by atoms with Crippen LogP contribution in [0.4, 0.5) is 5.82 Å². The van der Waals surface area contributed by atoms with E-state index in [2.05, 4.69) is 15.5 Å². The number of aromatic nitrogens is 2. The number of rotatable bonds is 4. The first-order valence-corrected chi connectivity index (χ1v) is 5.94. The molecular formula is C10H8ClN3O2S. The van der Waals surface area contributed by atoms with Crippen molar-refractivity contribution < 1.29 is 9.90 Å². The van der Waals surface area contributed by atoms with Crippen molar-refractivity contribution in [2.75, 3.05) is 5.32 Å². The van der Waals surface area contributed by atoms with E-state index in [4.69, 9.17) is 16.7 Å². The van der Waals surface area contributed by atoms with Crippen LogP contribution < -0.4 is 5.32 Å². The topological polar surface area (TPSA) is 75.1 Å². The van der Waals surface area contributed by atoms with Gasteiger partial charge in [0.05, 0.1) is 0 Å². The second-order valence-electron chi connectivity index (χ2n) is 3.17. The summed E-state index contributed by atoms with van der Waals surface area (Å²) < 4.78 is 0. The van der Waals surface area contributed by atoms with Crippen molar-refractivity contribution in [2.45, 2.75) is 6.04 Å². The lowest BCUT2D eigenvalue weighted by Gasteiger charge is -2.12. The first-order chi connectivity index (χ1) is 8.16. The highest BCUT2D eigenvalue weighted by Gasteiger charge is 2.21. The van der Waals surface area contributed by atoms with Gasteiger partial charge in [0.2, 0.25) is 0 Å². The molecule has 88 valence electrons. The summed E-state index contributed by atoms with van der Waals surface area (Å²) in [6.07, 6.45) is 0. The molecule has 2 N–H and O–H groups in total. The highest BCUT2D eigenvalue weighted by molar-refractivity contribution is 7.10. The zero-order valence-corrected chi connectivity index (χ0v) is 10.1. The Balaban J connectivity index is 2.19. The van der Waals surface area contributed by atoms with Crippen LogP contribution in [0.3, 0.4) is 0 Å². The van der Waals surface area contributed by atoms with Crippen molar-refractivity contribution in [3.8, 4) is 0 Å². The molecule has 0 spiro atoms. The summed E-state index contributed by atoms with van der Waals surface area (Å²) >= 11 is 6.96. The van der Waals surface area contributed by atoms with Gasteiger partial charge in [-0.2, -0.15) is 0 Å². The summed E-state index contributed by atoms with van der Waals surface area (Å²) in [6.45, 7) is 0. The fraction of sp³-hybridized carbons (Fsp3) is 0.100. The molecule has 0 fully saturated rings. The van der Waals surface area contributed by atoms with E-state index in [9.17, 15) is 4.79 Å². The van der Waals surface area contributed by atoms with E-state index in [-0.39, 0.29) is 5.15 Å². The molecule has 2 heterocycles. The fourth-order valence-corrected chi connectivity index (χ4v) is 2.12. The quantitative estimate of drug-likeness (QED) is 0.892. The van der Waals surface area contributed by atoms with Gasteiger partial charge in [0.1, 0.15) is 5.82 Å². The highest BCUT2D eigenvalue weighted by atomic mass is 35.5. The molecule has 7 heteroatoms. The maximum atomic E-state index is 11.1. The molecule has 0 aliphatic rings. The van der Waals surface area contributed by atoms with Crippen molar-refractivity contribution in [1.82, 2.24) is 10.2 Å². The van der Waals surface area contributed by atoms with Crippen LogP contribution >= 0.6 is 22.9 Å². The lowest BCUT2D eigenvalue weighted by molar-refractivity contribution is -0.138. The zero-order valence-electron chi connectivity index (χ0n) is 8.50. The van der Waals surface area contributed by atoms with Crippen molar-refractivity contribution in [3.05, 3.63) is 39.7 Å². The van der Waals surface area contributed by atoms with Gasteiger partial charge < -0.3 is 10.4 Å². The van der Waals surface area contributed by atoms with Crippen LogP contribution in [0.2, 0.25) is 5.15 Å². The van der Waals surface area contributed by atoms with Gasteiger partial charge in [-0.25, -0.2) is 4.79 Å². The minimum Gasteiger partial charge on any atom is -0.479 e. The van der Waals surface area contributed by atoms with E-state index < -0.39 is 12.0 Å².